The van der Waals surface area contributed by atoms with Gasteiger partial charge in [0.2, 0.25) is 0 Å². The Kier molecular flexibility index (Phi) is 2.04. The normalized spacial score (nSPS) is 15.1. The molecule has 0 saturated carbocycles. The molecule has 0 saturated heterocycles. The van der Waals surface area contributed by atoms with E-state index in [1.165, 1.54) is 5.19 Å². The van der Waals surface area contributed by atoms with E-state index in [1.807, 2.05) is 12.1 Å². The number of hydrogen-bond acceptors (Lipinski definition) is 2. The molecule has 4 heteroatoms. The molecule has 0 atom stereocenters. The fraction of sp³-hybridized carbons (Fsp3) is 0.273. The van der Waals surface area contributed by atoms with Crippen molar-refractivity contribution in [2.75, 3.05) is 0 Å². The lowest BCUT2D eigenvalue weighted by atomic mass is 10.1. The zero-order valence-corrected chi connectivity index (χ0v) is 10.0. The van der Waals surface area contributed by atoms with Gasteiger partial charge in [0.15, 0.2) is 0 Å². The molecule has 1 heterocycles. The Morgan fingerprint density at radius 2 is 1.60 bits per heavy atom. The van der Waals surface area contributed by atoms with Crippen LogP contribution in [0, 0.1) is 0 Å². The van der Waals surface area contributed by atoms with Gasteiger partial charge in [0.1, 0.15) is 0 Å². The number of fused-ring (bicyclic) bond motifs is 1. The summed E-state index contributed by atoms with van der Waals surface area (Å²) in [6, 6.07) is 5.58. The number of carbonyl (C=O) groups is 2. The van der Waals surface area contributed by atoms with Crippen LogP contribution < -0.4 is 10.5 Å². The first-order valence-corrected chi connectivity index (χ1v) is 8.40. The Bertz CT molecular complexity index is 460. The minimum Gasteiger partial charge on any atom is -0.288 e. The van der Waals surface area contributed by atoms with Gasteiger partial charge in [0.05, 0.1) is 19.2 Å². The number of imide groups is 1. The third-order valence-corrected chi connectivity index (χ3v) is 4.64. The Hall–Kier alpha value is -1.42. The fourth-order valence-corrected chi connectivity index (χ4v) is 2.80. The van der Waals surface area contributed by atoms with Crippen LogP contribution in [0.1, 0.15) is 20.7 Å². The van der Waals surface area contributed by atoms with Crippen LogP contribution in [0.4, 0.5) is 0 Å². The van der Waals surface area contributed by atoms with Crippen LogP contribution in [0.2, 0.25) is 19.6 Å². The van der Waals surface area contributed by atoms with Crippen molar-refractivity contribution >= 4 is 25.1 Å². The van der Waals surface area contributed by atoms with Gasteiger partial charge < -0.3 is 0 Å². The monoisotopic (exact) mass is 219 g/mol. The van der Waals surface area contributed by atoms with Crippen molar-refractivity contribution in [3.8, 4) is 0 Å². The van der Waals surface area contributed by atoms with Gasteiger partial charge >= 0.3 is 0 Å². The molecule has 1 aliphatic heterocycles. The summed E-state index contributed by atoms with van der Waals surface area (Å²) in [6.07, 6.45) is 0. The van der Waals surface area contributed by atoms with Crippen molar-refractivity contribution in [2.45, 2.75) is 19.6 Å². The molecule has 0 unspecified atom stereocenters. The highest BCUT2D eigenvalue weighted by molar-refractivity contribution is 6.88. The van der Waals surface area contributed by atoms with Crippen LogP contribution in [0.25, 0.3) is 0 Å². The lowest BCUT2D eigenvalue weighted by molar-refractivity contribution is 0.0879. The van der Waals surface area contributed by atoms with Crippen molar-refractivity contribution in [3.63, 3.8) is 0 Å². The van der Waals surface area contributed by atoms with E-state index in [-0.39, 0.29) is 11.8 Å². The fourth-order valence-electron chi connectivity index (χ4n) is 1.63. The van der Waals surface area contributed by atoms with Gasteiger partial charge in [-0.1, -0.05) is 30.9 Å². The molecule has 78 valence electrons. The van der Waals surface area contributed by atoms with E-state index >= 15 is 0 Å². The van der Waals surface area contributed by atoms with Crippen LogP contribution >= 0.6 is 0 Å². The number of hydrogen-bond donors (Lipinski definition) is 1. The topological polar surface area (TPSA) is 46.2 Å². The first kappa shape index (κ1) is 10.1. The van der Waals surface area contributed by atoms with Crippen LogP contribution in [0.3, 0.4) is 0 Å². The summed E-state index contributed by atoms with van der Waals surface area (Å²) in [7, 11) is -1.42. The SMILES string of the molecule is C[Si](C)(C)c1ccc2c(c1)C(=O)NC2=O. The van der Waals surface area contributed by atoms with Gasteiger partial charge in [-0.05, 0) is 12.1 Å². The Morgan fingerprint density at radius 3 is 2.20 bits per heavy atom. The van der Waals surface area contributed by atoms with Crippen molar-refractivity contribution < 1.29 is 9.59 Å². The molecule has 0 radical (unpaired) electrons. The number of amides is 2. The first-order chi connectivity index (χ1) is 6.89. The molecule has 1 N–H and O–H groups in total. The summed E-state index contributed by atoms with van der Waals surface area (Å²) in [4.78, 5) is 22.8. The van der Waals surface area contributed by atoms with Crippen molar-refractivity contribution in [1.29, 1.82) is 0 Å². The molecule has 0 aromatic heterocycles. The van der Waals surface area contributed by atoms with E-state index in [2.05, 4.69) is 25.0 Å². The summed E-state index contributed by atoms with van der Waals surface area (Å²) < 4.78 is 0. The van der Waals surface area contributed by atoms with E-state index in [0.29, 0.717) is 11.1 Å². The van der Waals surface area contributed by atoms with Crippen molar-refractivity contribution in [2.24, 2.45) is 0 Å². The highest BCUT2D eigenvalue weighted by Gasteiger charge is 2.28. The van der Waals surface area contributed by atoms with Gasteiger partial charge in [-0.3, -0.25) is 14.9 Å². The van der Waals surface area contributed by atoms with Crippen LogP contribution in [-0.4, -0.2) is 19.9 Å². The number of rotatable bonds is 1. The van der Waals surface area contributed by atoms with Gasteiger partial charge in [-0.25, -0.2) is 0 Å². The minimum absolute atomic E-state index is 0.268. The van der Waals surface area contributed by atoms with Crippen LogP contribution in [-0.2, 0) is 0 Å². The van der Waals surface area contributed by atoms with E-state index < -0.39 is 8.07 Å². The maximum atomic E-state index is 11.4. The van der Waals surface area contributed by atoms with E-state index in [0.717, 1.165) is 0 Å². The van der Waals surface area contributed by atoms with E-state index in [9.17, 15) is 9.59 Å². The maximum Gasteiger partial charge on any atom is 0.258 e. The second kappa shape index (κ2) is 3.03. The minimum atomic E-state index is -1.42. The zero-order chi connectivity index (χ0) is 11.2. The average Bonchev–Trinajstić information content (AvgIpc) is 2.41. The predicted octanol–water partition coefficient (Wildman–Crippen LogP) is 1.12. The molecule has 0 spiro atoms. The van der Waals surface area contributed by atoms with Gasteiger partial charge in [-0.2, -0.15) is 0 Å². The Balaban J connectivity index is 2.57. The standard InChI is InChI=1S/C11H13NO2Si/c1-15(2,3)7-4-5-8-9(6-7)11(14)12-10(8)13/h4-6H,1-3H3,(H,12,13,14). The molecule has 0 aliphatic carbocycles. The Morgan fingerprint density at radius 1 is 1.00 bits per heavy atom. The Labute approximate surface area is 89.5 Å². The first-order valence-electron chi connectivity index (χ1n) is 4.90. The van der Waals surface area contributed by atoms with Crippen molar-refractivity contribution in [3.05, 3.63) is 29.3 Å². The van der Waals surface area contributed by atoms with Crippen LogP contribution in [0.15, 0.2) is 18.2 Å². The number of nitrogens with one attached hydrogen (secondary N) is 1. The zero-order valence-electron chi connectivity index (χ0n) is 9.05. The molecule has 2 rings (SSSR count). The van der Waals surface area contributed by atoms with E-state index in [1.54, 1.807) is 6.07 Å². The van der Waals surface area contributed by atoms with E-state index in [4.69, 9.17) is 0 Å². The molecule has 1 aliphatic rings. The highest BCUT2D eigenvalue weighted by atomic mass is 28.3. The summed E-state index contributed by atoms with van der Waals surface area (Å²) in [5, 5.41) is 3.50. The third kappa shape index (κ3) is 1.61. The van der Waals surface area contributed by atoms with Crippen LogP contribution in [0.5, 0.6) is 0 Å². The molecule has 0 bridgehead atoms. The summed E-state index contributed by atoms with van der Waals surface area (Å²) in [5.41, 5.74) is 1.03. The number of carbonyl (C=O) groups excluding carboxylic acids is 2. The quantitative estimate of drug-likeness (QED) is 0.568. The second-order valence-corrected chi connectivity index (χ2v) is 9.87. The number of benzene rings is 1. The molecular formula is C11H13NO2Si. The second-order valence-electron chi connectivity index (χ2n) is 4.79. The summed E-state index contributed by atoms with van der Waals surface area (Å²) in [5.74, 6) is -0.549. The van der Waals surface area contributed by atoms with Crippen molar-refractivity contribution in [1.82, 2.24) is 5.32 Å². The smallest absolute Gasteiger partial charge is 0.258 e. The lowest BCUT2D eigenvalue weighted by Gasteiger charge is -2.16. The molecule has 15 heavy (non-hydrogen) atoms. The van der Waals surface area contributed by atoms with Gasteiger partial charge in [0, 0.05) is 0 Å². The molecule has 0 fully saturated rings. The molecule has 1 aromatic carbocycles. The largest absolute Gasteiger partial charge is 0.288 e. The summed E-state index contributed by atoms with van der Waals surface area (Å²) >= 11 is 0. The summed E-state index contributed by atoms with van der Waals surface area (Å²) in [6.45, 7) is 6.64. The average molecular weight is 219 g/mol. The maximum absolute atomic E-state index is 11.4. The molecular weight excluding hydrogens is 206 g/mol. The highest BCUT2D eigenvalue weighted by Crippen LogP contribution is 2.15. The molecule has 2 amide bonds. The lowest BCUT2D eigenvalue weighted by Crippen LogP contribution is -2.37. The molecule has 3 nitrogen and oxygen atoms in total. The molecule has 1 aromatic rings. The third-order valence-electron chi connectivity index (χ3n) is 2.60. The van der Waals surface area contributed by atoms with Gasteiger partial charge in [-0.15, -0.1) is 0 Å². The predicted molar refractivity (Wildman–Crippen MR) is 61.2 cm³/mol. The van der Waals surface area contributed by atoms with Gasteiger partial charge in [0.25, 0.3) is 11.8 Å².